The van der Waals surface area contributed by atoms with Gasteiger partial charge in [0.1, 0.15) is 11.6 Å². The van der Waals surface area contributed by atoms with Crippen molar-refractivity contribution in [2.45, 2.75) is 57.4 Å². The molecule has 0 radical (unpaired) electrons. The lowest BCUT2D eigenvalue weighted by molar-refractivity contribution is 0.0172. The molecular formula is C26H33ClFN7O4. The third-order valence-corrected chi connectivity index (χ3v) is 7.40. The van der Waals surface area contributed by atoms with Gasteiger partial charge in [-0.1, -0.05) is 11.6 Å². The average molecular weight is 562 g/mol. The molecule has 1 aromatic carbocycles. The van der Waals surface area contributed by atoms with Gasteiger partial charge in [-0.25, -0.2) is 24.1 Å². The van der Waals surface area contributed by atoms with Crippen molar-refractivity contribution in [1.82, 2.24) is 24.8 Å². The first-order valence-electron chi connectivity index (χ1n) is 13.1. The molecule has 11 nitrogen and oxygen atoms in total. The third kappa shape index (κ3) is 5.73. The molecule has 3 N–H and O–H groups in total. The van der Waals surface area contributed by atoms with Crippen LogP contribution in [0.4, 0.5) is 21.1 Å². The van der Waals surface area contributed by atoms with E-state index in [1.54, 1.807) is 0 Å². The van der Waals surface area contributed by atoms with Gasteiger partial charge in [0.2, 0.25) is 11.9 Å². The molecule has 1 amide bonds. The van der Waals surface area contributed by atoms with Crippen molar-refractivity contribution in [2.75, 3.05) is 43.6 Å². The third-order valence-electron chi connectivity index (χ3n) is 7.12. The molecule has 210 valence electrons. The second-order valence-corrected chi connectivity index (χ2v) is 10.5. The standard InChI is InChI=1S/C26H33ClFN7O4/c1-14(2)35-20-11-15(10-18(28)23(20)33-25(35)34-6-8-38-9-7-34)22-17(27)13-30-24(32-22)31-19-5-4-16(12-21(19)36)39-26(37)29-3/h10-11,13-14,16,19,21,36H,4-9,12H2,1-3H3,(H,29,37)(H,30,31,32)/t16-,19-,21-/m1/s1. The number of aliphatic hydroxyl groups excluding tert-OH is 1. The Morgan fingerprint density at radius 2 is 2.03 bits per heavy atom. The largest absolute Gasteiger partial charge is 0.446 e. The molecule has 3 heterocycles. The number of aromatic nitrogens is 4. The number of benzene rings is 1. The zero-order valence-electron chi connectivity index (χ0n) is 22.2. The van der Waals surface area contributed by atoms with Gasteiger partial charge in [-0.15, -0.1) is 0 Å². The summed E-state index contributed by atoms with van der Waals surface area (Å²) >= 11 is 6.49. The normalized spacial score (nSPS) is 21.8. The van der Waals surface area contributed by atoms with Crippen LogP contribution in [0, 0.1) is 5.82 Å². The monoisotopic (exact) mass is 561 g/mol. The number of aliphatic hydroxyl groups is 1. The molecule has 5 rings (SSSR count). The summed E-state index contributed by atoms with van der Waals surface area (Å²) in [5, 5.41) is 16.5. The summed E-state index contributed by atoms with van der Waals surface area (Å²) < 4.78 is 28.3. The highest BCUT2D eigenvalue weighted by molar-refractivity contribution is 6.33. The Morgan fingerprint density at radius 3 is 2.72 bits per heavy atom. The molecule has 1 saturated heterocycles. The highest BCUT2D eigenvalue weighted by atomic mass is 35.5. The number of ether oxygens (including phenoxy) is 2. The number of imidazole rings is 1. The molecule has 1 aliphatic carbocycles. The van der Waals surface area contributed by atoms with E-state index in [1.165, 1.54) is 19.3 Å². The molecular weight excluding hydrogens is 529 g/mol. The predicted molar refractivity (Wildman–Crippen MR) is 146 cm³/mol. The Kier molecular flexibility index (Phi) is 8.06. The van der Waals surface area contributed by atoms with Gasteiger partial charge in [0, 0.05) is 38.2 Å². The maximum atomic E-state index is 15.5. The molecule has 0 bridgehead atoms. The van der Waals surface area contributed by atoms with Crippen LogP contribution >= 0.6 is 11.6 Å². The Hall–Kier alpha value is -3.22. The number of hydrogen-bond acceptors (Lipinski definition) is 9. The van der Waals surface area contributed by atoms with Crippen LogP contribution in [0.3, 0.4) is 0 Å². The molecule has 0 unspecified atom stereocenters. The zero-order chi connectivity index (χ0) is 27.7. The lowest BCUT2D eigenvalue weighted by atomic mass is 9.90. The van der Waals surface area contributed by atoms with E-state index < -0.39 is 18.0 Å². The van der Waals surface area contributed by atoms with Crippen LogP contribution in [0.15, 0.2) is 18.3 Å². The van der Waals surface area contributed by atoms with Gasteiger partial charge in [0.05, 0.1) is 47.8 Å². The van der Waals surface area contributed by atoms with Gasteiger partial charge in [-0.05, 0) is 38.8 Å². The smallest absolute Gasteiger partial charge is 0.407 e. The van der Waals surface area contributed by atoms with Crippen molar-refractivity contribution in [2.24, 2.45) is 0 Å². The van der Waals surface area contributed by atoms with Crippen molar-refractivity contribution in [3.63, 3.8) is 0 Å². The molecule has 0 spiro atoms. The Balaban J connectivity index is 1.43. The number of rotatable bonds is 6. The number of morpholine rings is 1. The molecule has 2 aromatic heterocycles. The Labute approximate surface area is 230 Å². The van der Waals surface area contributed by atoms with E-state index >= 15 is 4.39 Å². The van der Waals surface area contributed by atoms with E-state index in [9.17, 15) is 9.90 Å². The van der Waals surface area contributed by atoms with Gasteiger partial charge in [0.15, 0.2) is 5.82 Å². The van der Waals surface area contributed by atoms with Crippen LogP contribution < -0.4 is 15.5 Å². The van der Waals surface area contributed by atoms with Gasteiger partial charge < -0.3 is 34.7 Å². The van der Waals surface area contributed by atoms with E-state index in [2.05, 4.69) is 30.5 Å². The number of amides is 1. The molecule has 2 fully saturated rings. The lowest BCUT2D eigenvalue weighted by Gasteiger charge is -2.33. The van der Waals surface area contributed by atoms with Gasteiger partial charge >= 0.3 is 6.09 Å². The molecule has 13 heteroatoms. The number of anilines is 2. The predicted octanol–water partition coefficient (Wildman–Crippen LogP) is 3.75. The molecule has 3 aromatic rings. The van der Waals surface area contributed by atoms with Gasteiger partial charge in [-0.3, -0.25) is 0 Å². The van der Waals surface area contributed by atoms with Crippen molar-refractivity contribution in [3.05, 3.63) is 29.2 Å². The topological polar surface area (TPSA) is 127 Å². The summed E-state index contributed by atoms with van der Waals surface area (Å²) in [6.07, 6.45) is 1.20. The van der Waals surface area contributed by atoms with Gasteiger partial charge in [-0.2, -0.15) is 0 Å². The Bertz CT molecular complexity index is 1350. The number of halogens is 2. The van der Waals surface area contributed by atoms with Crippen LogP contribution in [-0.4, -0.2) is 82.3 Å². The first-order valence-corrected chi connectivity index (χ1v) is 13.5. The minimum atomic E-state index is -0.774. The van der Waals surface area contributed by atoms with E-state index in [0.717, 1.165) is 0 Å². The van der Waals surface area contributed by atoms with Gasteiger partial charge in [0.25, 0.3) is 0 Å². The second-order valence-electron chi connectivity index (χ2n) is 10.1. The summed E-state index contributed by atoms with van der Waals surface area (Å²) in [5.74, 6) is 0.502. The van der Waals surface area contributed by atoms with Crippen molar-refractivity contribution >= 4 is 40.6 Å². The van der Waals surface area contributed by atoms with E-state index in [-0.39, 0.29) is 41.1 Å². The number of hydrogen-bond donors (Lipinski definition) is 3. The van der Waals surface area contributed by atoms with Crippen LogP contribution in [0.2, 0.25) is 5.02 Å². The fourth-order valence-electron chi connectivity index (χ4n) is 5.17. The van der Waals surface area contributed by atoms with Crippen LogP contribution in [0.25, 0.3) is 22.3 Å². The second kappa shape index (κ2) is 11.5. The van der Waals surface area contributed by atoms with E-state index in [4.69, 9.17) is 21.1 Å². The quantitative estimate of drug-likeness (QED) is 0.412. The summed E-state index contributed by atoms with van der Waals surface area (Å²) in [4.78, 5) is 27.1. The molecule has 1 aliphatic heterocycles. The SMILES string of the molecule is CNC(=O)O[C@@H]1CC[C@@H](Nc2ncc(Cl)c(-c3cc(F)c4nc(N5CCOCC5)n(C(C)C)c4c3)n2)[C@H](O)C1. The number of fused-ring (bicyclic) bond motifs is 1. The number of nitrogens with zero attached hydrogens (tertiary/aromatic N) is 5. The maximum Gasteiger partial charge on any atom is 0.407 e. The summed E-state index contributed by atoms with van der Waals surface area (Å²) in [6, 6.07) is 2.92. The maximum absolute atomic E-state index is 15.5. The van der Waals surface area contributed by atoms with Crippen molar-refractivity contribution in [1.29, 1.82) is 0 Å². The fraction of sp³-hybridized carbons (Fsp3) is 0.538. The minimum Gasteiger partial charge on any atom is -0.446 e. The van der Waals surface area contributed by atoms with Crippen LogP contribution in [0.1, 0.15) is 39.2 Å². The van der Waals surface area contributed by atoms with Crippen LogP contribution in [0.5, 0.6) is 0 Å². The van der Waals surface area contributed by atoms with Crippen molar-refractivity contribution < 1.29 is 23.8 Å². The highest BCUT2D eigenvalue weighted by Crippen LogP contribution is 2.35. The first kappa shape index (κ1) is 27.4. The number of carbonyl (C=O) groups excluding carboxylic acids is 1. The average Bonchev–Trinajstić information content (AvgIpc) is 3.32. The summed E-state index contributed by atoms with van der Waals surface area (Å²) in [7, 11) is 1.49. The van der Waals surface area contributed by atoms with Crippen molar-refractivity contribution in [3.8, 4) is 11.3 Å². The number of alkyl carbamates (subject to hydrolysis) is 1. The Morgan fingerprint density at radius 1 is 1.26 bits per heavy atom. The first-order chi connectivity index (χ1) is 18.7. The van der Waals surface area contributed by atoms with E-state index in [0.29, 0.717) is 61.9 Å². The summed E-state index contributed by atoms with van der Waals surface area (Å²) in [6.45, 7) is 6.63. The van der Waals surface area contributed by atoms with E-state index in [1.807, 2.05) is 24.5 Å². The molecule has 39 heavy (non-hydrogen) atoms. The molecule has 3 atom stereocenters. The highest BCUT2D eigenvalue weighted by Gasteiger charge is 2.32. The number of nitrogens with one attached hydrogen (secondary N) is 2. The minimum absolute atomic E-state index is 0.0320. The fourth-order valence-corrected chi connectivity index (χ4v) is 5.37. The molecule has 1 saturated carbocycles. The lowest BCUT2D eigenvalue weighted by Crippen LogP contribution is -2.43. The zero-order valence-corrected chi connectivity index (χ0v) is 22.9. The molecule has 2 aliphatic rings. The summed E-state index contributed by atoms with van der Waals surface area (Å²) in [5.41, 5.74) is 1.80. The van der Waals surface area contributed by atoms with Crippen LogP contribution in [-0.2, 0) is 9.47 Å². The number of carbonyl (C=O) groups is 1.